The lowest BCUT2D eigenvalue weighted by Crippen LogP contribution is -2.34. The van der Waals surface area contributed by atoms with Crippen LogP contribution in [0.5, 0.6) is 0 Å². The van der Waals surface area contributed by atoms with Gasteiger partial charge in [-0.2, -0.15) is 5.26 Å². The van der Waals surface area contributed by atoms with Crippen molar-refractivity contribution in [1.29, 1.82) is 5.26 Å². The van der Waals surface area contributed by atoms with Crippen molar-refractivity contribution in [2.45, 2.75) is 33.1 Å². The highest BCUT2D eigenvalue weighted by Crippen LogP contribution is 2.28. The van der Waals surface area contributed by atoms with E-state index in [-0.39, 0.29) is 0 Å². The summed E-state index contributed by atoms with van der Waals surface area (Å²) in [6.07, 6.45) is 5.47. The third-order valence-electron chi connectivity index (χ3n) is 6.00. The van der Waals surface area contributed by atoms with Gasteiger partial charge in [0.15, 0.2) is 0 Å². The summed E-state index contributed by atoms with van der Waals surface area (Å²) in [5.74, 6) is 1.46. The molecule has 1 aliphatic heterocycles. The Morgan fingerprint density at radius 3 is 2.48 bits per heavy atom. The Balaban J connectivity index is 1.58. The van der Waals surface area contributed by atoms with Gasteiger partial charge >= 0.3 is 0 Å². The van der Waals surface area contributed by atoms with Crippen molar-refractivity contribution in [3.05, 3.63) is 71.4 Å². The summed E-state index contributed by atoms with van der Waals surface area (Å²) < 4.78 is 0. The van der Waals surface area contributed by atoms with Crippen LogP contribution in [0.1, 0.15) is 37.8 Å². The molecule has 0 bridgehead atoms. The highest BCUT2D eigenvalue weighted by Gasteiger charge is 2.20. The lowest BCUT2D eigenvalue weighted by Gasteiger charge is -2.34. The van der Waals surface area contributed by atoms with E-state index in [1.807, 2.05) is 44.0 Å². The van der Waals surface area contributed by atoms with E-state index in [4.69, 9.17) is 0 Å². The van der Waals surface area contributed by atoms with Gasteiger partial charge in [0, 0.05) is 37.2 Å². The second-order valence-electron chi connectivity index (χ2n) is 8.08. The fraction of sp³-hybridized carbons (Fsp3) is 0.346. The molecule has 1 heterocycles. The quantitative estimate of drug-likeness (QED) is 0.290. The van der Waals surface area contributed by atoms with Crippen LogP contribution in [0.2, 0.25) is 0 Å². The van der Waals surface area contributed by atoms with Crippen molar-refractivity contribution in [2.75, 3.05) is 29.9 Å². The average molecular weight is 415 g/mol. The number of amidine groups is 1. The van der Waals surface area contributed by atoms with E-state index >= 15 is 0 Å². The third-order valence-corrected chi connectivity index (χ3v) is 6.00. The van der Waals surface area contributed by atoms with Crippen LogP contribution in [0.4, 0.5) is 11.4 Å². The van der Waals surface area contributed by atoms with Crippen molar-refractivity contribution in [3.8, 4) is 6.07 Å². The van der Waals surface area contributed by atoms with E-state index in [2.05, 4.69) is 46.3 Å². The standard InChI is InChI=1S/C26H30N4O/c1-20(14-17-31)28-21(2)29(3)25-8-10-26(11-9-25)30-15-12-22(13-16-30)18-23-6-4-5-7-24(23)19-27/h4-11,14,17,22H,12-13,15-16,18H2,1-3H3/b20-14-,28-21-. The number of carbonyl (C=O) groups excluding carboxylic acids is 1. The maximum absolute atomic E-state index is 10.6. The number of hydrogen-bond acceptors (Lipinski definition) is 4. The number of aliphatic imine (C=N–C) groups is 1. The molecule has 1 fully saturated rings. The predicted octanol–water partition coefficient (Wildman–Crippen LogP) is 4.97. The minimum atomic E-state index is 0.623. The summed E-state index contributed by atoms with van der Waals surface area (Å²) in [6, 6.07) is 18.8. The Kier molecular flexibility index (Phi) is 7.61. The van der Waals surface area contributed by atoms with Crippen molar-refractivity contribution in [3.63, 3.8) is 0 Å². The summed E-state index contributed by atoms with van der Waals surface area (Å²) in [5, 5.41) is 9.32. The van der Waals surface area contributed by atoms with Crippen LogP contribution in [-0.2, 0) is 11.2 Å². The van der Waals surface area contributed by atoms with Gasteiger partial charge in [-0.15, -0.1) is 0 Å². The first-order valence-electron chi connectivity index (χ1n) is 10.8. The molecule has 1 aliphatic rings. The molecule has 3 rings (SSSR count). The van der Waals surface area contributed by atoms with Crippen LogP contribution < -0.4 is 9.80 Å². The monoisotopic (exact) mass is 414 g/mol. The summed E-state index contributed by atoms with van der Waals surface area (Å²) in [7, 11) is 1.98. The molecule has 0 atom stereocenters. The van der Waals surface area contributed by atoms with Gasteiger partial charge in [-0.3, -0.25) is 4.79 Å². The predicted molar refractivity (Wildman–Crippen MR) is 128 cm³/mol. The first kappa shape index (κ1) is 22.3. The highest BCUT2D eigenvalue weighted by molar-refractivity contribution is 5.96. The summed E-state index contributed by atoms with van der Waals surface area (Å²) >= 11 is 0. The lowest BCUT2D eigenvalue weighted by atomic mass is 9.88. The molecule has 0 N–H and O–H groups in total. The smallest absolute Gasteiger partial charge is 0.144 e. The number of benzene rings is 2. The third kappa shape index (κ3) is 5.82. The number of rotatable bonds is 6. The number of hydrogen-bond donors (Lipinski definition) is 0. The van der Waals surface area contributed by atoms with E-state index in [1.54, 1.807) is 0 Å². The molecular formula is C26H30N4O. The van der Waals surface area contributed by atoms with Crippen LogP contribution in [0.15, 0.2) is 65.3 Å². The SMILES string of the molecule is CC(=C/C=O)/N=C(/C)N(C)c1ccc(N2CCC(Cc3ccccc3C#N)CC2)cc1. The molecule has 160 valence electrons. The van der Waals surface area contributed by atoms with Crippen LogP contribution in [-0.4, -0.2) is 32.3 Å². The van der Waals surface area contributed by atoms with Gasteiger partial charge in [-0.1, -0.05) is 18.2 Å². The molecule has 0 spiro atoms. The molecule has 31 heavy (non-hydrogen) atoms. The Hall–Kier alpha value is -3.39. The largest absolute Gasteiger partial charge is 0.372 e. The van der Waals surface area contributed by atoms with E-state index < -0.39 is 0 Å². The fourth-order valence-electron chi connectivity index (χ4n) is 4.05. The zero-order chi connectivity index (χ0) is 22.2. The van der Waals surface area contributed by atoms with Gasteiger partial charge in [-0.05, 0) is 81.0 Å². The van der Waals surface area contributed by atoms with Gasteiger partial charge in [-0.25, -0.2) is 4.99 Å². The Morgan fingerprint density at radius 2 is 1.84 bits per heavy atom. The minimum Gasteiger partial charge on any atom is -0.372 e. The highest BCUT2D eigenvalue weighted by atomic mass is 16.1. The molecule has 1 saturated heterocycles. The molecule has 0 radical (unpaired) electrons. The Labute approximate surface area is 185 Å². The van der Waals surface area contributed by atoms with Crippen molar-refractivity contribution < 1.29 is 4.79 Å². The number of piperidine rings is 1. The number of carbonyl (C=O) groups is 1. The number of allylic oxidation sites excluding steroid dienone is 2. The molecule has 0 amide bonds. The molecule has 2 aromatic carbocycles. The van der Waals surface area contributed by atoms with Crippen molar-refractivity contribution in [1.82, 2.24) is 0 Å². The zero-order valence-electron chi connectivity index (χ0n) is 18.6. The van der Waals surface area contributed by atoms with Crippen LogP contribution in [0.25, 0.3) is 0 Å². The van der Waals surface area contributed by atoms with Crippen molar-refractivity contribution in [2.24, 2.45) is 10.9 Å². The lowest BCUT2D eigenvalue weighted by molar-refractivity contribution is -0.104. The minimum absolute atomic E-state index is 0.623. The first-order valence-corrected chi connectivity index (χ1v) is 10.8. The van der Waals surface area contributed by atoms with E-state index in [0.717, 1.165) is 55.7 Å². The van der Waals surface area contributed by atoms with E-state index in [1.165, 1.54) is 17.3 Å². The molecule has 5 nitrogen and oxygen atoms in total. The van der Waals surface area contributed by atoms with E-state index in [0.29, 0.717) is 11.6 Å². The zero-order valence-corrected chi connectivity index (χ0v) is 18.6. The van der Waals surface area contributed by atoms with E-state index in [9.17, 15) is 10.1 Å². The Bertz CT molecular complexity index is 993. The van der Waals surface area contributed by atoms with Gasteiger partial charge in [0.25, 0.3) is 0 Å². The molecule has 0 aromatic heterocycles. The fourth-order valence-corrected chi connectivity index (χ4v) is 4.05. The van der Waals surface area contributed by atoms with Gasteiger partial charge in [0.1, 0.15) is 12.1 Å². The second-order valence-corrected chi connectivity index (χ2v) is 8.08. The number of anilines is 2. The van der Waals surface area contributed by atoms with Gasteiger partial charge in [0.05, 0.1) is 11.6 Å². The number of aldehydes is 1. The molecule has 0 unspecified atom stereocenters. The number of nitriles is 1. The van der Waals surface area contributed by atoms with Gasteiger partial charge < -0.3 is 9.80 Å². The summed E-state index contributed by atoms with van der Waals surface area (Å²) in [5.41, 5.74) is 4.97. The van der Waals surface area contributed by atoms with Crippen LogP contribution >= 0.6 is 0 Å². The molecule has 2 aromatic rings. The molecular weight excluding hydrogens is 384 g/mol. The first-order chi connectivity index (χ1) is 15.0. The van der Waals surface area contributed by atoms with Crippen LogP contribution in [0, 0.1) is 17.2 Å². The second kappa shape index (κ2) is 10.6. The number of nitrogens with zero attached hydrogens (tertiary/aromatic N) is 4. The molecule has 0 aliphatic carbocycles. The average Bonchev–Trinajstić information content (AvgIpc) is 2.79. The topological polar surface area (TPSA) is 59.7 Å². The molecule has 5 heteroatoms. The normalized spacial score (nSPS) is 15.5. The Morgan fingerprint density at radius 1 is 1.16 bits per heavy atom. The maximum Gasteiger partial charge on any atom is 0.144 e. The van der Waals surface area contributed by atoms with Gasteiger partial charge in [0.2, 0.25) is 0 Å². The van der Waals surface area contributed by atoms with Crippen LogP contribution in [0.3, 0.4) is 0 Å². The maximum atomic E-state index is 10.6. The summed E-state index contributed by atoms with van der Waals surface area (Å²) in [6.45, 7) is 5.82. The van der Waals surface area contributed by atoms with Crippen molar-refractivity contribution >= 4 is 23.5 Å². The summed E-state index contributed by atoms with van der Waals surface area (Å²) in [4.78, 5) is 19.5. The molecule has 0 saturated carbocycles.